The van der Waals surface area contributed by atoms with Crippen molar-refractivity contribution in [3.8, 4) is 11.5 Å². The first-order chi connectivity index (χ1) is 10.7. The molecule has 0 radical (unpaired) electrons. The minimum absolute atomic E-state index is 0.153. The Bertz CT molecular complexity index is 703. The summed E-state index contributed by atoms with van der Waals surface area (Å²) in [6.45, 7) is 1.97. The van der Waals surface area contributed by atoms with Crippen LogP contribution in [0.4, 0.5) is 0 Å². The molecular formula is C17H20O5S. The molecule has 6 heteroatoms. The van der Waals surface area contributed by atoms with Gasteiger partial charge in [0.2, 0.25) is 0 Å². The summed E-state index contributed by atoms with van der Waals surface area (Å²) in [6.07, 6.45) is 0.777. The molecule has 0 saturated heterocycles. The second-order valence-electron chi connectivity index (χ2n) is 5.82. The summed E-state index contributed by atoms with van der Waals surface area (Å²) in [6, 6.07) is 13.5. The highest BCUT2D eigenvalue weighted by Crippen LogP contribution is 2.37. The van der Waals surface area contributed by atoms with E-state index in [1.165, 1.54) is 0 Å². The molecule has 0 spiro atoms. The maximum absolute atomic E-state index is 11.0. The molecule has 0 aliphatic heterocycles. The molecule has 2 rings (SSSR count). The van der Waals surface area contributed by atoms with Crippen LogP contribution in [0.25, 0.3) is 0 Å². The van der Waals surface area contributed by atoms with Crippen LogP contribution in [0.1, 0.15) is 30.9 Å². The quantitative estimate of drug-likeness (QED) is 0.705. The Balaban J connectivity index is 2.37. The third-order valence-corrected chi connectivity index (χ3v) is 4.89. The van der Waals surface area contributed by atoms with Gasteiger partial charge in [0.15, 0.2) is 0 Å². The van der Waals surface area contributed by atoms with Crippen LogP contribution in [0.5, 0.6) is 11.5 Å². The summed E-state index contributed by atoms with van der Waals surface area (Å²) in [5.41, 5.74) is 1.32. The van der Waals surface area contributed by atoms with Crippen molar-refractivity contribution in [2.45, 2.75) is 25.2 Å². The molecule has 2 aromatic rings. The first-order valence-electron chi connectivity index (χ1n) is 7.25. The van der Waals surface area contributed by atoms with E-state index >= 15 is 0 Å². The summed E-state index contributed by atoms with van der Waals surface area (Å²) >= 11 is 0. The van der Waals surface area contributed by atoms with Gasteiger partial charge in [0, 0.05) is 5.41 Å². The van der Waals surface area contributed by atoms with Crippen molar-refractivity contribution in [3.63, 3.8) is 0 Å². The molecule has 124 valence electrons. The van der Waals surface area contributed by atoms with Gasteiger partial charge in [-0.1, -0.05) is 31.2 Å². The molecule has 2 aromatic carbocycles. The second-order valence-corrected chi connectivity index (χ2v) is 7.39. The molecule has 0 fully saturated rings. The number of phenolic OH excluding ortho intramolecular Hbond substituents is 2. The minimum atomic E-state index is -4.00. The van der Waals surface area contributed by atoms with E-state index < -0.39 is 15.5 Å². The Morgan fingerprint density at radius 2 is 1.26 bits per heavy atom. The topological polar surface area (TPSA) is 94.8 Å². The molecule has 0 atom stereocenters. The number of aromatic hydroxyl groups is 2. The molecule has 23 heavy (non-hydrogen) atoms. The maximum Gasteiger partial charge on any atom is 0.264 e. The molecule has 0 aliphatic carbocycles. The van der Waals surface area contributed by atoms with E-state index in [-0.39, 0.29) is 23.7 Å². The van der Waals surface area contributed by atoms with Gasteiger partial charge in [-0.15, -0.1) is 0 Å². The van der Waals surface area contributed by atoms with Crippen molar-refractivity contribution in [2.75, 3.05) is 5.75 Å². The van der Waals surface area contributed by atoms with Crippen LogP contribution in [0.3, 0.4) is 0 Å². The lowest BCUT2D eigenvalue weighted by Crippen LogP contribution is -2.24. The minimum Gasteiger partial charge on any atom is -0.508 e. The lowest BCUT2D eigenvalue weighted by atomic mass is 9.73. The second kappa shape index (κ2) is 6.60. The van der Waals surface area contributed by atoms with Gasteiger partial charge in [0.1, 0.15) is 11.5 Å². The third-order valence-electron chi connectivity index (χ3n) is 4.09. The van der Waals surface area contributed by atoms with Gasteiger partial charge in [-0.3, -0.25) is 4.55 Å². The number of hydrogen-bond acceptors (Lipinski definition) is 4. The summed E-state index contributed by atoms with van der Waals surface area (Å²) < 4.78 is 30.9. The Morgan fingerprint density at radius 3 is 1.61 bits per heavy atom. The Labute approximate surface area is 136 Å². The fourth-order valence-electron chi connectivity index (χ4n) is 2.72. The van der Waals surface area contributed by atoms with Crippen molar-refractivity contribution in [2.24, 2.45) is 0 Å². The lowest BCUT2D eigenvalue weighted by Gasteiger charge is -2.31. The highest BCUT2D eigenvalue weighted by molar-refractivity contribution is 7.85. The predicted octanol–water partition coefficient (Wildman–Crippen LogP) is 3.07. The number of hydrogen-bond donors (Lipinski definition) is 3. The van der Waals surface area contributed by atoms with Crippen molar-refractivity contribution in [3.05, 3.63) is 59.7 Å². The van der Waals surface area contributed by atoms with E-state index in [9.17, 15) is 18.6 Å². The summed E-state index contributed by atoms with van der Waals surface area (Å²) in [7, 11) is -4.00. The van der Waals surface area contributed by atoms with E-state index in [2.05, 4.69) is 0 Å². The van der Waals surface area contributed by atoms with Crippen LogP contribution in [0.2, 0.25) is 0 Å². The van der Waals surface area contributed by atoms with Gasteiger partial charge in [0.25, 0.3) is 10.1 Å². The van der Waals surface area contributed by atoms with E-state index in [0.717, 1.165) is 11.1 Å². The van der Waals surface area contributed by atoms with E-state index in [1.54, 1.807) is 48.5 Å². The van der Waals surface area contributed by atoms with Crippen LogP contribution in [0, 0.1) is 0 Å². The number of phenols is 2. The highest BCUT2D eigenvalue weighted by atomic mass is 32.2. The zero-order chi connectivity index (χ0) is 17.1. The monoisotopic (exact) mass is 336 g/mol. The average Bonchev–Trinajstić information content (AvgIpc) is 2.47. The fraction of sp³-hybridized carbons (Fsp3) is 0.294. The van der Waals surface area contributed by atoms with Crippen molar-refractivity contribution in [1.29, 1.82) is 0 Å². The van der Waals surface area contributed by atoms with Crippen molar-refractivity contribution < 1.29 is 23.2 Å². The number of benzene rings is 2. The molecule has 0 amide bonds. The summed E-state index contributed by atoms with van der Waals surface area (Å²) in [5.74, 6) is -0.00171. The van der Waals surface area contributed by atoms with Crippen LogP contribution in [0.15, 0.2) is 48.5 Å². The van der Waals surface area contributed by atoms with Crippen LogP contribution >= 0.6 is 0 Å². The standard InChI is InChI=1S/C17H20O5S/c1-17(11-2-12-23(20,21)22,13-3-7-15(18)8-4-13)14-5-9-16(19)10-6-14/h3-10,18-19H,2,11-12H2,1H3,(H,20,21,22). The van der Waals surface area contributed by atoms with E-state index in [0.29, 0.717) is 6.42 Å². The maximum atomic E-state index is 11.0. The number of rotatable bonds is 6. The zero-order valence-corrected chi connectivity index (χ0v) is 13.6. The molecule has 5 nitrogen and oxygen atoms in total. The smallest absolute Gasteiger partial charge is 0.264 e. The zero-order valence-electron chi connectivity index (χ0n) is 12.8. The average molecular weight is 336 g/mol. The highest BCUT2D eigenvalue weighted by Gasteiger charge is 2.29. The molecular weight excluding hydrogens is 316 g/mol. The van der Waals surface area contributed by atoms with Gasteiger partial charge in [0.05, 0.1) is 5.75 Å². The molecule has 0 aliphatic rings. The van der Waals surface area contributed by atoms with Crippen LogP contribution in [-0.4, -0.2) is 28.9 Å². The molecule has 0 saturated carbocycles. The van der Waals surface area contributed by atoms with Gasteiger partial charge in [-0.05, 0) is 48.2 Å². The van der Waals surface area contributed by atoms with Crippen LogP contribution in [-0.2, 0) is 15.5 Å². The summed E-state index contributed by atoms with van der Waals surface area (Å²) in [5, 5.41) is 18.9. The normalized spacial score (nSPS) is 12.3. The van der Waals surface area contributed by atoms with Gasteiger partial charge >= 0.3 is 0 Å². The molecule has 0 aromatic heterocycles. The van der Waals surface area contributed by atoms with Gasteiger partial charge in [-0.2, -0.15) is 8.42 Å². The Hall–Kier alpha value is -2.05. The fourth-order valence-corrected chi connectivity index (χ4v) is 3.23. The Kier molecular flexibility index (Phi) is 4.97. The first kappa shape index (κ1) is 17.3. The molecule has 0 bridgehead atoms. The van der Waals surface area contributed by atoms with Crippen molar-refractivity contribution in [1.82, 2.24) is 0 Å². The SMILES string of the molecule is CC(CCCS(=O)(=O)O)(c1ccc(O)cc1)c1ccc(O)cc1. The third kappa shape index (κ3) is 4.46. The predicted molar refractivity (Wildman–Crippen MR) is 88.3 cm³/mol. The van der Waals surface area contributed by atoms with Crippen molar-refractivity contribution >= 4 is 10.1 Å². The molecule has 0 unspecified atom stereocenters. The largest absolute Gasteiger partial charge is 0.508 e. The molecule has 0 heterocycles. The van der Waals surface area contributed by atoms with Crippen LogP contribution < -0.4 is 0 Å². The van der Waals surface area contributed by atoms with E-state index in [4.69, 9.17) is 4.55 Å². The molecule has 3 N–H and O–H groups in total. The lowest BCUT2D eigenvalue weighted by molar-refractivity contribution is 0.463. The van der Waals surface area contributed by atoms with Gasteiger partial charge in [-0.25, -0.2) is 0 Å². The van der Waals surface area contributed by atoms with E-state index in [1.807, 2.05) is 6.92 Å². The van der Waals surface area contributed by atoms with Gasteiger partial charge < -0.3 is 10.2 Å². The Morgan fingerprint density at radius 1 is 0.870 bits per heavy atom. The first-order valence-corrected chi connectivity index (χ1v) is 8.86. The summed E-state index contributed by atoms with van der Waals surface area (Å²) in [4.78, 5) is 0.